The molecule has 32 heavy (non-hydrogen) atoms. The molecule has 5 nitrogen and oxygen atoms in total. The van der Waals surface area contributed by atoms with E-state index in [0.29, 0.717) is 23.6 Å². The first kappa shape index (κ1) is 21.2. The van der Waals surface area contributed by atoms with Gasteiger partial charge in [-0.1, -0.05) is 30.3 Å². The summed E-state index contributed by atoms with van der Waals surface area (Å²) in [7, 11) is 0. The van der Waals surface area contributed by atoms with Crippen LogP contribution in [0.4, 0.5) is 18.9 Å². The zero-order valence-electron chi connectivity index (χ0n) is 16.6. The van der Waals surface area contributed by atoms with Crippen LogP contribution in [0.1, 0.15) is 21.6 Å². The Morgan fingerprint density at radius 3 is 2.28 bits per heavy atom. The fourth-order valence-electron chi connectivity index (χ4n) is 2.88. The highest BCUT2D eigenvalue weighted by atomic mass is 19.4. The maximum Gasteiger partial charge on any atom is 0.416 e. The van der Waals surface area contributed by atoms with E-state index >= 15 is 0 Å². The third-order valence-electron chi connectivity index (χ3n) is 4.56. The number of rotatable bonds is 6. The lowest BCUT2D eigenvalue weighted by Gasteiger charge is -2.08. The summed E-state index contributed by atoms with van der Waals surface area (Å²) in [5.74, 6) is 0.191. The summed E-state index contributed by atoms with van der Waals surface area (Å²) < 4.78 is 49.0. The van der Waals surface area contributed by atoms with Crippen molar-refractivity contribution in [2.24, 2.45) is 0 Å². The van der Waals surface area contributed by atoms with Gasteiger partial charge in [0.1, 0.15) is 18.6 Å². The quantitative estimate of drug-likeness (QED) is 0.390. The summed E-state index contributed by atoms with van der Waals surface area (Å²) >= 11 is 0. The molecule has 8 heteroatoms. The number of amides is 1. The van der Waals surface area contributed by atoms with Gasteiger partial charge in [-0.05, 0) is 54.1 Å². The number of hydrogen-bond acceptors (Lipinski definition) is 4. The third-order valence-corrected chi connectivity index (χ3v) is 4.56. The lowest BCUT2D eigenvalue weighted by Crippen LogP contribution is -2.12. The fraction of sp³-hybridized carbons (Fsp3) is 0.0833. The van der Waals surface area contributed by atoms with Gasteiger partial charge in [0, 0.05) is 11.3 Å². The Labute approximate surface area is 181 Å². The monoisotopic (exact) mass is 438 g/mol. The van der Waals surface area contributed by atoms with E-state index in [-0.39, 0.29) is 11.6 Å². The van der Waals surface area contributed by atoms with E-state index in [1.807, 2.05) is 30.3 Å². The summed E-state index contributed by atoms with van der Waals surface area (Å²) in [6.45, 7) is 0.429. The standard InChI is InChI=1S/C24H17F3N2O3/c25-24(26,27)18-8-6-17(7-9-18)23-29-21(15-32-23)22(30)28-19-10-12-20(13-11-19)31-14-16-4-2-1-3-5-16/h1-13,15H,14H2,(H,28,30). The number of carbonyl (C=O) groups excluding carboxylic acids is 1. The number of benzene rings is 3. The van der Waals surface area contributed by atoms with Crippen LogP contribution in [0.15, 0.2) is 89.5 Å². The first-order valence-corrected chi connectivity index (χ1v) is 9.60. The normalized spacial score (nSPS) is 11.2. The topological polar surface area (TPSA) is 64.4 Å². The van der Waals surface area contributed by atoms with Gasteiger partial charge >= 0.3 is 6.18 Å². The molecule has 0 saturated heterocycles. The molecule has 0 aliphatic rings. The van der Waals surface area contributed by atoms with E-state index in [4.69, 9.17) is 9.15 Å². The molecular formula is C24H17F3N2O3. The average molecular weight is 438 g/mol. The van der Waals surface area contributed by atoms with Crippen molar-refractivity contribution in [3.05, 3.63) is 102 Å². The van der Waals surface area contributed by atoms with Gasteiger partial charge in [-0.3, -0.25) is 4.79 Å². The lowest BCUT2D eigenvalue weighted by atomic mass is 10.1. The van der Waals surface area contributed by atoms with Crippen molar-refractivity contribution in [2.75, 3.05) is 5.32 Å². The first-order chi connectivity index (χ1) is 15.4. The Hall–Kier alpha value is -4.07. The molecule has 0 radical (unpaired) electrons. The van der Waals surface area contributed by atoms with Crippen molar-refractivity contribution in [3.63, 3.8) is 0 Å². The molecule has 4 rings (SSSR count). The van der Waals surface area contributed by atoms with Crippen LogP contribution < -0.4 is 10.1 Å². The van der Waals surface area contributed by atoms with Crippen LogP contribution in [0.5, 0.6) is 5.75 Å². The number of ether oxygens (including phenoxy) is 1. The van der Waals surface area contributed by atoms with Crippen molar-refractivity contribution in [2.45, 2.75) is 12.8 Å². The molecule has 3 aromatic carbocycles. The van der Waals surface area contributed by atoms with E-state index < -0.39 is 17.6 Å². The van der Waals surface area contributed by atoms with Crippen LogP contribution in [0.3, 0.4) is 0 Å². The fourth-order valence-corrected chi connectivity index (χ4v) is 2.88. The maximum absolute atomic E-state index is 12.7. The Balaban J connectivity index is 1.36. The molecule has 0 fully saturated rings. The van der Waals surface area contributed by atoms with E-state index in [9.17, 15) is 18.0 Å². The summed E-state index contributed by atoms with van der Waals surface area (Å²) in [6.07, 6.45) is -3.28. The largest absolute Gasteiger partial charge is 0.489 e. The van der Waals surface area contributed by atoms with Gasteiger partial charge < -0.3 is 14.5 Å². The minimum atomic E-state index is -4.43. The number of halogens is 3. The van der Waals surface area contributed by atoms with Crippen molar-refractivity contribution in [1.82, 2.24) is 4.98 Å². The molecule has 4 aromatic rings. The van der Waals surface area contributed by atoms with Crippen LogP contribution in [0, 0.1) is 0 Å². The molecule has 0 atom stereocenters. The summed E-state index contributed by atoms with van der Waals surface area (Å²) in [5.41, 5.74) is 1.13. The molecule has 0 bridgehead atoms. The smallest absolute Gasteiger partial charge is 0.416 e. The molecule has 0 aliphatic carbocycles. The van der Waals surface area contributed by atoms with Crippen molar-refractivity contribution < 1.29 is 27.1 Å². The highest BCUT2D eigenvalue weighted by Crippen LogP contribution is 2.30. The van der Waals surface area contributed by atoms with E-state index in [0.717, 1.165) is 24.0 Å². The van der Waals surface area contributed by atoms with Crippen molar-refractivity contribution in [3.8, 4) is 17.2 Å². The number of alkyl halides is 3. The molecule has 1 heterocycles. The lowest BCUT2D eigenvalue weighted by molar-refractivity contribution is -0.137. The Kier molecular flexibility index (Phi) is 5.93. The SMILES string of the molecule is O=C(Nc1ccc(OCc2ccccc2)cc1)c1coc(-c2ccc(C(F)(F)F)cc2)n1. The number of carbonyl (C=O) groups is 1. The Bertz CT molecular complexity index is 1190. The van der Waals surface area contributed by atoms with Gasteiger partial charge in [-0.2, -0.15) is 13.2 Å². The van der Waals surface area contributed by atoms with Crippen LogP contribution in [-0.2, 0) is 12.8 Å². The van der Waals surface area contributed by atoms with Gasteiger partial charge in [0.25, 0.3) is 5.91 Å². The first-order valence-electron chi connectivity index (χ1n) is 9.60. The van der Waals surface area contributed by atoms with Crippen molar-refractivity contribution >= 4 is 11.6 Å². The second-order valence-electron chi connectivity index (χ2n) is 6.87. The van der Waals surface area contributed by atoms with E-state index in [2.05, 4.69) is 10.3 Å². The second-order valence-corrected chi connectivity index (χ2v) is 6.87. The minimum absolute atomic E-state index is 0.00398. The summed E-state index contributed by atoms with van der Waals surface area (Å²) in [6, 6.07) is 20.9. The predicted molar refractivity (Wildman–Crippen MR) is 112 cm³/mol. The molecule has 1 aromatic heterocycles. The molecular weight excluding hydrogens is 421 g/mol. The molecule has 1 N–H and O–H groups in total. The summed E-state index contributed by atoms with van der Waals surface area (Å²) in [4.78, 5) is 16.5. The zero-order chi connectivity index (χ0) is 22.6. The van der Waals surface area contributed by atoms with Gasteiger partial charge in [0.2, 0.25) is 5.89 Å². The minimum Gasteiger partial charge on any atom is -0.489 e. The molecule has 0 spiro atoms. The molecule has 0 saturated carbocycles. The van der Waals surface area contributed by atoms with Gasteiger partial charge in [-0.25, -0.2) is 4.98 Å². The second kappa shape index (κ2) is 8.97. The third kappa shape index (κ3) is 5.15. The highest BCUT2D eigenvalue weighted by molar-refractivity contribution is 6.02. The van der Waals surface area contributed by atoms with Crippen LogP contribution >= 0.6 is 0 Å². The maximum atomic E-state index is 12.7. The number of nitrogens with one attached hydrogen (secondary N) is 1. The molecule has 1 amide bonds. The molecule has 162 valence electrons. The number of nitrogens with zero attached hydrogens (tertiary/aromatic N) is 1. The summed E-state index contributed by atoms with van der Waals surface area (Å²) in [5, 5.41) is 2.69. The number of oxazole rings is 1. The van der Waals surface area contributed by atoms with E-state index in [1.165, 1.54) is 12.1 Å². The number of hydrogen-bond donors (Lipinski definition) is 1. The van der Waals surface area contributed by atoms with Crippen LogP contribution in [0.2, 0.25) is 0 Å². The van der Waals surface area contributed by atoms with Crippen LogP contribution in [-0.4, -0.2) is 10.9 Å². The van der Waals surface area contributed by atoms with E-state index in [1.54, 1.807) is 24.3 Å². The van der Waals surface area contributed by atoms with Crippen molar-refractivity contribution in [1.29, 1.82) is 0 Å². The zero-order valence-corrected chi connectivity index (χ0v) is 16.6. The van der Waals surface area contributed by atoms with Gasteiger partial charge in [0.15, 0.2) is 5.69 Å². The average Bonchev–Trinajstić information content (AvgIpc) is 3.29. The van der Waals surface area contributed by atoms with Crippen LogP contribution in [0.25, 0.3) is 11.5 Å². The van der Waals surface area contributed by atoms with Gasteiger partial charge in [0.05, 0.1) is 5.56 Å². The molecule has 0 aliphatic heterocycles. The Morgan fingerprint density at radius 1 is 0.938 bits per heavy atom. The molecule has 0 unspecified atom stereocenters. The highest BCUT2D eigenvalue weighted by Gasteiger charge is 2.30. The van der Waals surface area contributed by atoms with Gasteiger partial charge in [-0.15, -0.1) is 0 Å². The predicted octanol–water partition coefficient (Wildman–Crippen LogP) is 6.19. The number of anilines is 1. The Morgan fingerprint density at radius 2 is 1.62 bits per heavy atom. The number of aromatic nitrogens is 1.